The normalized spacial score (nSPS) is 18.8. The lowest BCUT2D eigenvalue weighted by Crippen LogP contribution is -2.43. The van der Waals surface area contributed by atoms with Crippen molar-refractivity contribution in [3.63, 3.8) is 0 Å². The second kappa shape index (κ2) is 7.16. The highest BCUT2D eigenvalue weighted by atomic mass is 32.2. The molecule has 2 unspecified atom stereocenters. The first-order valence-corrected chi connectivity index (χ1v) is 11.0. The number of carbonyl (C=O) groups is 1. The number of hydrogen-bond donors (Lipinski definition) is 0. The number of benzene rings is 3. The van der Waals surface area contributed by atoms with E-state index in [4.69, 9.17) is 4.74 Å². The van der Waals surface area contributed by atoms with E-state index in [-0.39, 0.29) is 4.90 Å². The van der Waals surface area contributed by atoms with Crippen molar-refractivity contribution in [2.24, 2.45) is 0 Å². The summed E-state index contributed by atoms with van der Waals surface area (Å²) in [6.07, 6.45) is 0. The Labute approximate surface area is 171 Å². The summed E-state index contributed by atoms with van der Waals surface area (Å²) >= 11 is 0. The van der Waals surface area contributed by atoms with Gasteiger partial charge in [0.1, 0.15) is 5.75 Å². The lowest BCUT2D eigenvalue weighted by Gasteiger charge is -2.33. The molecule has 1 aliphatic heterocycles. The van der Waals surface area contributed by atoms with Crippen LogP contribution >= 0.6 is 0 Å². The molecule has 0 radical (unpaired) electrons. The fraction of sp³-hybridized carbons (Fsp3) is 0.208. The zero-order valence-electron chi connectivity index (χ0n) is 16.5. The Bertz CT molecular complexity index is 1200. The summed E-state index contributed by atoms with van der Waals surface area (Å²) in [5.74, 6) is -0.914. The van der Waals surface area contributed by atoms with E-state index in [0.717, 1.165) is 22.3 Å². The van der Waals surface area contributed by atoms with Crippen LogP contribution in [0.5, 0.6) is 5.75 Å². The fourth-order valence-electron chi connectivity index (χ4n) is 4.15. The molecule has 0 bridgehead atoms. The van der Waals surface area contributed by atoms with Crippen molar-refractivity contribution < 1.29 is 17.9 Å². The number of rotatable bonds is 3. The van der Waals surface area contributed by atoms with E-state index in [9.17, 15) is 13.2 Å². The highest BCUT2D eigenvalue weighted by Gasteiger charge is 2.48. The molecule has 3 aromatic rings. The van der Waals surface area contributed by atoms with Gasteiger partial charge in [0.15, 0.2) is 15.1 Å². The minimum atomic E-state index is -3.98. The van der Waals surface area contributed by atoms with Crippen molar-refractivity contribution >= 4 is 15.8 Å². The number of esters is 1. The second-order valence-corrected chi connectivity index (χ2v) is 9.58. The minimum Gasteiger partial charge on any atom is -0.425 e. The second-order valence-electron chi connectivity index (χ2n) is 7.54. The van der Waals surface area contributed by atoms with Crippen LogP contribution in [0.2, 0.25) is 0 Å². The number of carbonyl (C=O) groups excluding carboxylic acids is 1. The van der Waals surface area contributed by atoms with Gasteiger partial charge < -0.3 is 4.74 Å². The Kier molecular flexibility index (Phi) is 4.79. The van der Waals surface area contributed by atoms with Crippen LogP contribution < -0.4 is 4.74 Å². The van der Waals surface area contributed by atoms with Gasteiger partial charge in [0, 0.05) is 11.5 Å². The van der Waals surface area contributed by atoms with Crippen LogP contribution in [0.15, 0.2) is 71.6 Å². The van der Waals surface area contributed by atoms with E-state index in [0.29, 0.717) is 11.3 Å². The summed E-state index contributed by atoms with van der Waals surface area (Å²) in [4.78, 5) is 13.3. The molecule has 148 valence electrons. The predicted octanol–water partition coefficient (Wildman–Crippen LogP) is 4.51. The van der Waals surface area contributed by atoms with Crippen LogP contribution in [0, 0.1) is 20.8 Å². The van der Waals surface area contributed by atoms with Crippen molar-refractivity contribution in [1.29, 1.82) is 0 Å². The summed E-state index contributed by atoms with van der Waals surface area (Å²) in [6.45, 7) is 5.56. The molecule has 0 aromatic heterocycles. The molecule has 5 heteroatoms. The van der Waals surface area contributed by atoms with E-state index in [1.54, 1.807) is 31.2 Å². The average molecular weight is 407 g/mol. The standard InChI is InChI=1S/C24H22O4S/c1-15-13-17(3)22-19(14-15)21(18-10-5-4-6-11-18)23(24(25)28-22)29(26,27)20-12-8-7-9-16(20)2/h4-14,21,23H,1-3H3. The van der Waals surface area contributed by atoms with Gasteiger partial charge in [-0.2, -0.15) is 0 Å². The first-order chi connectivity index (χ1) is 13.8. The number of sulfone groups is 1. The van der Waals surface area contributed by atoms with Gasteiger partial charge in [-0.3, -0.25) is 4.79 Å². The minimum absolute atomic E-state index is 0.163. The van der Waals surface area contributed by atoms with Gasteiger partial charge in [0.2, 0.25) is 0 Å². The van der Waals surface area contributed by atoms with Crippen LogP contribution in [0.1, 0.15) is 33.7 Å². The highest BCUT2D eigenvalue weighted by molar-refractivity contribution is 7.93. The molecule has 3 aromatic carbocycles. The molecule has 0 N–H and O–H groups in total. The first kappa shape index (κ1) is 19.4. The number of fused-ring (bicyclic) bond motifs is 1. The van der Waals surface area contributed by atoms with Crippen LogP contribution in [-0.4, -0.2) is 19.6 Å². The van der Waals surface area contributed by atoms with Crippen LogP contribution in [0.3, 0.4) is 0 Å². The van der Waals surface area contributed by atoms with Gasteiger partial charge in [-0.25, -0.2) is 8.42 Å². The molecule has 0 saturated carbocycles. The Hall–Kier alpha value is -2.92. The Morgan fingerprint density at radius 3 is 2.17 bits per heavy atom. The zero-order chi connectivity index (χ0) is 20.8. The van der Waals surface area contributed by atoms with Gasteiger partial charge in [-0.05, 0) is 43.5 Å². The van der Waals surface area contributed by atoms with E-state index in [1.807, 2.05) is 56.3 Å². The van der Waals surface area contributed by atoms with Crippen LogP contribution in [0.25, 0.3) is 0 Å². The third-order valence-electron chi connectivity index (χ3n) is 5.41. The van der Waals surface area contributed by atoms with Crippen molar-refractivity contribution in [1.82, 2.24) is 0 Å². The summed E-state index contributed by atoms with van der Waals surface area (Å²) in [5, 5.41) is -1.35. The van der Waals surface area contributed by atoms with Crippen molar-refractivity contribution in [3.05, 3.63) is 94.5 Å². The van der Waals surface area contributed by atoms with Gasteiger partial charge in [-0.1, -0.05) is 66.2 Å². The van der Waals surface area contributed by atoms with Gasteiger partial charge in [0.25, 0.3) is 0 Å². The SMILES string of the molecule is Cc1cc(C)c2c(c1)C(c1ccccc1)C(S(=O)(=O)c1ccccc1C)C(=O)O2. The average Bonchev–Trinajstić information content (AvgIpc) is 2.68. The smallest absolute Gasteiger partial charge is 0.331 e. The number of aryl methyl sites for hydroxylation is 3. The summed E-state index contributed by atoms with van der Waals surface area (Å²) in [6, 6.07) is 19.9. The number of hydrogen-bond acceptors (Lipinski definition) is 4. The lowest BCUT2D eigenvalue weighted by atomic mass is 9.84. The number of ether oxygens (including phenoxy) is 1. The summed E-state index contributed by atoms with van der Waals surface area (Å²) in [5.41, 5.74) is 3.93. The molecule has 0 saturated heterocycles. The third kappa shape index (κ3) is 3.25. The van der Waals surface area contributed by atoms with Gasteiger partial charge in [0.05, 0.1) is 4.90 Å². The Morgan fingerprint density at radius 1 is 0.828 bits per heavy atom. The van der Waals surface area contributed by atoms with E-state index < -0.39 is 27.0 Å². The highest BCUT2D eigenvalue weighted by Crippen LogP contribution is 2.45. The molecular weight excluding hydrogens is 384 g/mol. The van der Waals surface area contributed by atoms with Gasteiger partial charge in [-0.15, -0.1) is 0 Å². The zero-order valence-corrected chi connectivity index (χ0v) is 17.4. The van der Waals surface area contributed by atoms with Crippen molar-refractivity contribution in [2.75, 3.05) is 0 Å². The molecule has 1 heterocycles. The fourth-order valence-corrected chi connectivity index (χ4v) is 6.17. The van der Waals surface area contributed by atoms with Gasteiger partial charge >= 0.3 is 5.97 Å². The molecule has 0 aliphatic carbocycles. The molecular formula is C24H22O4S. The predicted molar refractivity (Wildman–Crippen MR) is 112 cm³/mol. The summed E-state index contributed by atoms with van der Waals surface area (Å²) < 4.78 is 33.0. The molecule has 29 heavy (non-hydrogen) atoms. The lowest BCUT2D eigenvalue weighted by molar-refractivity contribution is -0.135. The van der Waals surface area contributed by atoms with E-state index in [2.05, 4.69) is 0 Å². The quantitative estimate of drug-likeness (QED) is 0.474. The first-order valence-electron chi connectivity index (χ1n) is 9.48. The van der Waals surface area contributed by atoms with Crippen molar-refractivity contribution in [2.45, 2.75) is 36.8 Å². The third-order valence-corrected chi connectivity index (χ3v) is 7.62. The molecule has 1 aliphatic rings. The Balaban J connectivity index is 2.00. The van der Waals surface area contributed by atoms with Crippen molar-refractivity contribution in [3.8, 4) is 5.75 Å². The molecule has 0 fully saturated rings. The Morgan fingerprint density at radius 2 is 1.48 bits per heavy atom. The maximum absolute atomic E-state index is 13.7. The maximum atomic E-state index is 13.7. The molecule has 4 rings (SSSR count). The molecule has 2 atom stereocenters. The largest absolute Gasteiger partial charge is 0.425 e. The topological polar surface area (TPSA) is 60.4 Å². The van der Waals surface area contributed by atoms with Crippen LogP contribution in [-0.2, 0) is 14.6 Å². The summed E-state index contributed by atoms with van der Waals surface area (Å²) in [7, 11) is -3.98. The molecule has 0 amide bonds. The maximum Gasteiger partial charge on any atom is 0.331 e. The van der Waals surface area contributed by atoms with E-state index in [1.165, 1.54) is 0 Å². The van der Waals surface area contributed by atoms with E-state index >= 15 is 0 Å². The monoisotopic (exact) mass is 406 g/mol. The van der Waals surface area contributed by atoms with Crippen LogP contribution in [0.4, 0.5) is 0 Å². The molecule has 0 spiro atoms. The molecule has 4 nitrogen and oxygen atoms in total.